The molecule has 0 spiro atoms. The average molecular weight is 354 g/mol. The molecule has 24 heavy (non-hydrogen) atoms. The van der Waals surface area contributed by atoms with E-state index in [0.29, 0.717) is 12.1 Å². The number of ether oxygens (including phenoxy) is 1. The second-order valence-corrected chi connectivity index (χ2v) is 8.05. The topological polar surface area (TPSA) is 29.5 Å². The molecule has 1 aliphatic heterocycles. The van der Waals surface area contributed by atoms with Crippen molar-refractivity contribution in [3.8, 4) is 0 Å². The molecule has 2 rings (SSSR count). The number of likely N-dealkylation sites (tertiary alicyclic amines) is 1. The molecule has 2 heterocycles. The molecular weight excluding hydrogens is 325 g/mol. The van der Waals surface area contributed by atoms with Crippen LogP contribution in [0.1, 0.15) is 53.9 Å². The molecule has 0 radical (unpaired) electrons. The first-order chi connectivity index (χ1) is 11.3. The third-order valence-corrected chi connectivity index (χ3v) is 5.60. The Morgan fingerprint density at radius 1 is 1.42 bits per heavy atom. The number of esters is 1. The second-order valence-electron chi connectivity index (χ2n) is 7.09. The summed E-state index contributed by atoms with van der Waals surface area (Å²) in [5.74, 6) is -0.253. The van der Waals surface area contributed by atoms with Crippen LogP contribution in [0.4, 0.5) is 4.39 Å². The van der Waals surface area contributed by atoms with Crippen molar-refractivity contribution in [3.63, 3.8) is 0 Å². The van der Waals surface area contributed by atoms with Gasteiger partial charge in [-0.05, 0) is 52.0 Å². The molecule has 0 amide bonds. The molecule has 1 aromatic heterocycles. The van der Waals surface area contributed by atoms with Crippen molar-refractivity contribution in [1.82, 2.24) is 4.90 Å². The van der Waals surface area contributed by atoms with Gasteiger partial charge in [0, 0.05) is 29.9 Å². The van der Waals surface area contributed by atoms with E-state index < -0.39 is 5.67 Å². The summed E-state index contributed by atoms with van der Waals surface area (Å²) in [6, 6.07) is 0. The molecule has 3 nitrogen and oxygen atoms in total. The van der Waals surface area contributed by atoms with Gasteiger partial charge in [-0.15, -0.1) is 11.3 Å². The molecule has 0 unspecified atom stereocenters. The predicted octanol–water partition coefficient (Wildman–Crippen LogP) is 4.55. The smallest absolute Gasteiger partial charge is 0.338 e. The van der Waals surface area contributed by atoms with E-state index >= 15 is 0 Å². The first-order valence-electron chi connectivity index (χ1n) is 8.54. The summed E-state index contributed by atoms with van der Waals surface area (Å²) in [4.78, 5) is 15.1. The Kier molecular flexibility index (Phi) is 6.58. The molecule has 0 N–H and O–H groups in total. The van der Waals surface area contributed by atoms with Crippen LogP contribution in [0.25, 0.3) is 0 Å². The maximum absolute atomic E-state index is 13.7. The maximum Gasteiger partial charge on any atom is 0.338 e. The Labute approximate surface area is 148 Å². The van der Waals surface area contributed by atoms with Gasteiger partial charge in [-0.25, -0.2) is 9.18 Å². The van der Waals surface area contributed by atoms with Crippen LogP contribution in [0, 0.1) is 6.92 Å². The van der Waals surface area contributed by atoms with Crippen LogP contribution in [0.15, 0.2) is 17.0 Å². The van der Waals surface area contributed by atoms with Crippen molar-refractivity contribution < 1.29 is 13.9 Å². The molecule has 1 fully saturated rings. The summed E-state index contributed by atoms with van der Waals surface area (Å²) in [7, 11) is 1.42. The lowest BCUT2D eigenvalue weighted by Gasteiger charge is -2.31. The van der Waals surface area contributed by atoms with E-state index in [-0.39, 0.29) is 5.97 Å². The number of halogens is 1. The highest BCUT2D eigenvalue weighted by molar-refractivity contribution is 7.10. The first kappa shape index (κ1) is 19.1. The number of methoxy groups -OCH3 is 1. The molecular formula is C19H28FNO2S. The largest absolute Gasteiger partial charge is 0.465 e. The molecule has 0 aromatic carbocycles. The van der Waals surface area contributed by atoms with Crippen molar-refractivity contribution in [2.24, 2.45) is 0 Å². The number of carbonyl (C=O) groups excluding carboxylic acids is 1. The summed E-state index contributed by atoms with van der Waals surface area (Å²) < 4.78 is 18.5. The minimum Gasteiger partial charge on any atom is -0.465 e. The lowest BCUT2D eigenvalue weighted by molar-refractivity contribution is 0.0600. The Hall–Kier alpha value is -1.20. The highest BCUT2D eigenvalue weighted by atomic mass is 32.1. The minimum atomic E-state index is -1.12. The predicted molar refractivity (Wildman–Crippen MR) is 97.7 cm³/mol. The van der Waals surface area contributed by atoms with E-state index in [1.807, 2.05) is 12.3 Å². The van der Waals surface area contributed by atoms with Gasteiger partial charge in [-0.2, -0.15) is 0 Å². The summed E-state index contributed by atoms with van der Waals surface area (Å²) in [6.07, 6.45) is 6.35. The van der Waals surface area contributed by atoms with E-state index in [1.165, 1.54) is 17.6 Å². The van der Waals surface area contributed by atoms with Crippen LogP contribution in [0.5, 0.6) is 0 Å². The number of hydrogen-bond donors (Lipinski definition) is 0. The number of hydrogen-bond acceptors (Lipinski definition) is 4. The van der Waals surface area contributed by atoms with E-state index in [9.17, 15) is 9.18 Å². The highest BCUT2D eigenvalue weighted by Crippen LogP contribution is 2.25. The maximum atomic E-state index is 13.7. The van der Waals surface area contributed by atoms with Crippen LogP contribution in [-0.4, -0.2) is 43.3 Å². The van der Waals surface area contributed by atoms with E-state index in [2.05, 4.69) is 11.0 Å². The van der Waals surface area contributed by atoms with Gasteiger partial charge >= 0.3 is 5.97 Å². The van der Waals surface area contributed by atoms with Gasteiger partial charge in [0.2, 0.25) is 0 Å². The number of piperidine rings is 1. The lowest BCUT2D eigenvalue weighted by atomic mass is 10.00. The molecule has 1 saturated heterocycles. The number of allylic oxidation sites excluding steroid dienone is 1. The number of aryl methyl sites for hydroxylation is 1. The third-order valence-electron chi connectivity index (χ3n) is 4.45. The van der Waals surface area contributed by atoms with Gasteiger partial charge < -0.3 is 4.74 Å². The average Bonchev–Trinajstić information content (AvgIpc) is 2.88. The molecule has 0 bridgehead atoms. The fourth-order valence-corrected chi connectivity index (χ4v) is 4.21. The van der Waals surface area contributed by atoms with Gasteiger partial charge in [0.1, 0.15) is 5.67 Å². The summed E-state index contributed by atoms with van der Waals surface area (Å²) in [5, 5.41) is 1.89. The van der Waals surface area contributed by atoms with Crippen LogP contribution in [-0.2, 0) is 11.2 Å². The SMILES string of the molecule is COC(=O)c1csc(CCC=C2CCN(CC(C)(C)F)CC2)c1C. The highest BCUT2D eigenvalue weighted by Gasteiger charge is 2.22. The van der Waals surface area contributed by atoms with Gasteiger partial charge in [0.15, 0.2) is 0 Å². The van der Waals surface area contributed by atoms with Crippen molar-refractivity contribution in [2.45, 2.75) is 52.1 Å². The first-order valence-corrected chi connectivity index (χ1v) is 9.42. The van der Waals surface area contributed by atoms with Crippen molar-refractivity contribution in [2.75, 3.05) is 26.7 Å². The summed E-state index contributed by atoms with van der Waals surface area (Å²) in [5.41, 5.74) is 2.10. The molecule has 0 atom stereocenters. The molecule has 1 aromatic rings. The monoisotopic (exact) mass is 353 g/mol. The van der Waals surface area contributed by atoms with Gasteiger partial charge in [-0.1, -0.05) is 11.6 Å². The Morgan fingerprint density at radius 2 is 2.08 bits per heavy atom. The molecule has 5 heteroatoms. The molecule has 0 saturated carbocycles. The minimum absolute atomic E-state index is 0.253. The number of carbonyl (C=O) groups is 1. The number of rotatable bonds is 6. The van der Waals surface area contributed by atoms with Crippen molar-refractivity contribution in [3.05, 3.63) is 33.0 Å². The fourth-order valence-electron chi connectivity index (χ4n) is 3.16. The third kappa shape index (κ3) is 5.42. The van der Waals surface area contributed by atoms with Crippen LogP contribution >= 0.6 is 11.3 Å². The van der Waals surface area contributed by atoms with E-state index in [4.69, 9.17) is 4.74 Å². The van der Waals surface area contributed by atoms with Crippen molar-refractivity contribution >= 4 is 17.3 Å². The normalized spacial score (nSPS) is 16.3. The molecule has 1 aliphatic rings. The number of nitrogens with zero attached hydrogens (tertiary/aromatic N) is 1. The zero-order chi connectivity index (χ0) is 17.7. The Morgan fingerprint density at radius 3 is 2.67 bits per heavy atom. The summed E-state index contributed by atoms with van der Waals surface area (Å²) >= 11 is 1.63. The Balaban J connectivity index is 1.81. The standard InChI is InChI=1S/C19H28FNO2S/c1-14-16(18(22)23-4)12-24-17(14)7-5-6-15-8-10-21(11-9-15)13-19(2,3)20/h6,12H,5,7-11,13H2,1-4H3. The van der Waals surface area contributed by atoms with Crippen molar-refractivity contribution in [1.29, 1.82) is 0 Å². The Bertz CT molecular complexity index is 591. The number of thiophene rings is 1. The fraction of sp³-hybridized carbons (Fsp3) is 0.632. The van der Waals surface area contributed by atoms with Gasteiger partial charge in [-0.3, -0.25) is 4.90 Å². The molecule has 0 aliphatic carbocycles. The lowest BCUT2D eigenvalue weighted by Crippen LogP contribution is -2.39. The number of alkyl halides is 1. The summed E-state index contributed by atoms with van der Waals surface area (Å²) in [6.45, 7) is 7.69. The zero-order valence-corrected chi connectivity index (χ0v) is 16.0. The van der Waals surface area contributed by atoms with Crippen LogP contribution < -0.4 is 0 Å². The van der Waals surface area contributed by atoms with E-state index in [1.54, 1.807) is 25.2 Å². The van der Waals surface area contributed by atoms with Gasteiger partial charge in [0.25, 0.3) is 0 Å². The van der Waals surface area contributed by atoms with E-state index in [0.717, 1.165) is 44.3 Å². The van der Waals surface area contributed by atoms with Crippen LogP contribution in [0.3, 0.4) is 0 Å². The molecule has 134 valence electrons. The zero-order valence-electron chi connectivity index (χ0n) is 15.2. The second kappa shape index (κ2) is 8.26. The quantitative estimate of drug-likeness (QED) is 0.555. The van der Waals surface area contributed by atoms with Gasteiger partial charge in [0.05, 0.1) is 12.7 Å². The van der Waals surface area contributed by atoms with Crippen LogP contribution in [0.2, 0.25) is 0 Å².